The molecule has 0 fully saturated rings. The molecule has 19 heavy (non-hydrogen) atoms. The van der Waals surface area contributed by atoms with Crippen LogP contribution < -0.4 is 5.32 Å². The van der Waals surface area contributed by atoms with Gasteiger partial charge in [-0.15, -0.1) is 0 Å². The van der Waals surface area contributed by atoms with Gasteiger partial charge < -0.3 is 5.32 Å². The Bertz CT molecular complexity index is 391. The summed E-state index contributed by atoms with van der Waals surface area (Å²) in [6.45, 7) is 6.87. The molecule has 0 saturated heterocycles. The average Bonchev–Trinajstić information content (AvgIpc) is 2.38. The maximum atomic E-state index is 12.7. The van der Waals surface area contributed by atoms with E-state index in [1.807, 2.05) is 13.8 Å². The Balaban J connectivity index is 2.89. The summed E-state index contributed by atoms with van der Waals surface area (Å²) in [6.07, 6.45) is -1.21. The van der Waals surface area contributed by atoms with Gasteiger partial charge in [0.1, 0.15) is 0 Å². The van der Waals surface area contributed by atoms with Crippen LogP contribution in [0.25, 0.3) is 0 Å². The summed E-state index contributed by atoms with van der Waals surface area (Å²) in [6, 6.07) is 2.31. The molecule has 0 aliphatic rings. The minimum atomic E-state index is -4.31. The van der Waals surface area contributed by atoms with E-state index in [-0.39, 0.29) is 12.0 Å². The normalized spacial score (nSPS) is 15.3. The average molecular weight is 274 g/mol. The Kier molecular flexibility index (Phi) is 5.79. The minimum Gasteiger partial charge on any atom is -0.313 e. The van der Waals surface area contributed by atoms with Crippen molar-refractivity contribution >= 4 is 0 Å². The van der Waals surface area contributed by atoms with E-state index < -0.39 is 11.7 Å². The molecule has 0 spiro atoms. The van der Waals surface area contributed by atoms with Gasteiger partial charge in [-0.2, -0.15) is 13.2 Å². The standard InChI is InChI=1S/C14H21F3N2/c1-4-7-18-12(5-2)10(3)13-9-11(6-8-19-13)14(15,16)17/h6,8-10,12,18H,4-5,7H2,1-3H3. The molecule has 2 unspecified atom stereocenters. The highest BCUT2D eigenvalue weighted by atomic mass is 19.4. The Morgan fingerprint density at radius 1 is 1.32 bits per heavy atom. The second kappa shape index (κ2) is 6.89. The molecule has 0 saturated carbocycles. The zero-order chi connectivity index (χ0) is 14.5. The van der Waals surface area contributed by atoms with Crippen molar-refractivity contribution in [3.63, 3.8) is 0 Å². The molecule has 0 amide bonds. The van der Waals surface area contributed by atoms with E-state index in [1.54, 1.807) is 0 Å². The molecule has 5 heteroatoms. The molecular formula is C14H21F3N2. The van der Waals surface area contributed by atoms with Crippen molar-refractivity contribution in [2.24, 2.45) is 0 Å². The number of alkyl halides is 3. The molecule has 2 nitrogen and oxygen atoms in total. The lowest BCUT2D eigenvalue weighted by Gasteiger charge is -2.24. The van der Waals surface area contributed by atoms with Gasteiger partial charge in [-0.1, -0.05) is 20.8 Å². The monoisotopic (exact) mass is 274 g/mol. The van der Waals surface area contributed by atoms with Crippen LogP contribution in [0.1, 0.15) is 50.8 Å². The van der Waals surface area contributed by atoms with Crippen LogP contribution in [0.15, 0.2) is 18.3 Å². The second-order valence-corrected chi connectivity index (χ2v) is 4.72. The van der Waals surface area contributed by atoms with Gasteiger partial charge in [-0.05, 0) is 31.5 Å². The van der Waals surface area contributed by atoms with Crippen LogP contribution in [-0.2, 0) is 6.18 Å². The number of rotatable bonds is 6. The van der Waals surface area contributed by atoms with Crippen molar-refractivity contribution in [2.45, 2.75) is 51.7 Å². The fourth-order valence-electron chi connectivity index (χ4n) is 2.08. The summed E-state index contributed by atoms with van der Waals surface area (Å²) in [5.41, 5.74) is -0.139. The molecule has 1 rings (SSSR count). The molecule has 108 valence electrons. The molecule has 0 aliphatic heterocycles. The molecule has 0 bridgehead atoms. The van der Waals surface area contributed by atoms with Gasteiger partial charge in [-0.25, -0.2) is 0 Å². The van der Waals surface area contributed by atoms with Crippen LogP contribution >= 0.6 is 0 Å². The van der Waals surface area contributed by atoms with Crippen LogP contribution in [0.2, 0.25) is 0 Å². The first-order valence-electron chi connectivity index (χ1n) is 6.66. The van der Waals surface area contributed by atoms with Crippen molar-refractivity contribution in [1.29, 1.82) is 0 Å². The van der Waals surface area contributed by atoms with Crippen molar-refractivity contribution in [3.8, 4) is 0 Å². The predicted molar refractivity (Wildman–Crippen MR) is 70.0 cm³/mol. The van der Waals surface area contributed by atoms with Gasteiger partial charge >= 0.3 is 6.18 Å². The third-order valence-electron chi connectivity index (χ3n) is 3.27. The van der Waals surface area contributed by atoms with Crippen LogP contribution in [-0.4, -0.2) is 17.6 Å². The largest absolute Gasteiger partial charge is 0.416 e. The van der Waals surface area contributed by atoms with Crippen molar-refractivity contribution in [2.75, 3.05) is 6.54 Å². The first kappa shape index (κ1) is 16.0. The van der Waals surface area contributed by atoms with Crippen LogP contribution in [0.5, 0.6) is 0 Å². The first-order valence-corrected chi connectivity index (χ1v) is 6.66. The van der Waals surface area contributed by atoms with Gasteiger partial charge in [0.25, 0.3) is 0 Å². The Labute approximate surface area is 112 Å². The topological polar surface area (TPSA) is 24.9 Å². The zero-order valence-electron chi connectivity index (χ0n) is 11.6. The van der Waals surface area contributed by atoms with Crippen molar-refractivity contribution in [1.82, 2.24) is 10.3 Å². The number of nitrogens with zero attached hydrogens (tertiary/aromatic N) is 1. The Morgan fingerprint density at radius 2 is 2.00 bits per heavy atom. The lowest BCUT2D eigenvalue weighted by molar-refractivity contribution is -0.137. The van der Waals surface area contributed by atoms with Gasteiger partial charge in [-0.3, -0.25) is 4.98 Å². The molecule has 0 aliphatic carbocycles. The third-order valence-corrected chi connectivity index (χ3v) is 3.27. The molecule has 1 aromatic heterocycles. The molecule has 0 radical (unpaired) electrons. The van der Waals surface area contributed by atoms with Gasteiger partial charge in [0, 0.05) is 23.9 Å². The number of nitrogens with one attached hydrogen (secondary N) is 1. The van der Waals surface area contributed by atoms with Gasteiger partial charge in [0.15, 0.2) is 0 Å². The fraction of sp³-hybridized carbons (Fsp3) is 0.643. The van der Waals surface area contributed by atoms with Crippen LogP contribution in [0.3, 0.4) is 0 Å². The Hall–Kier alpha value is -1.10. The Morgan fingerprint density at radius 3 is 2.53 bits per heavy atom. The van der Waals surface area contributed by atoms with Crippen molar-refractivity contribution < 1.29 is 13.2 Å². The SMILES string of the molecule is CCCNC(CC)C(C)c1cc(C(F)(F)F)ccn1. The number of hydrogen-bond acceptors (Lipinski definition) is 2. The summed E-state index contributed by atoms with van der Waals surface area (Å²) in [7, 11) is 0. The van der Waals surface area contributed by atoms with E-state index in [0.29, 0.717) is 5.69 Å². The van der Waals surface area contributed by atoms with Crippen LogP contribution in [0.4, 0.5) is 13.2 Å². The summed E-state index contributed by atoms with van der Waals surface area (Å²) in [5, 5.41) is 3.35. The number of aromatic nitrogens is 1. The quantitative estimate of drug-likeness (QED) is 0.848. The molecule has 2 atom stereocenters. The zero-order valence-corrected chi connectivity index (χ0v) is 11.6. The minimum absolute atomic E-state index is 0.0427. The second-order valence-electron chi connectivity index (χ2n) is 4.72. The van der Waals surface area contributed by atoms with E-state index in [2.05, 4.69) is 17.2 Å². The van der Waals surface area contributed by atoms with E-state index in [0.717, 1.165) is 31.5 Å². The third kappa shape index (κ3) is 4.49. The maximum Gasteiger partial charge on any atom is 0.416 e. The summed E-state index contributed by atoms with van der Waals surface area (Å²) < 4.78 is 38.0. The fourth-order valence-corrected chi connectivity index (χ4v) is 2.08. The van der Waals surface area contributed by atoms with E-state index in [1.165, 1.54) is 6.20 Å². The van der Waals surface area contributed by atoms with E-state index in [9.17, 15) is 13.2 Å². The lowest BCUT2D eigenvalue weighted by Crippen LogP contribution is -2.34. The van der Waals surface area contributed by atoms with E-state index in [4.69, 9.17) is 0 Å². The van der Waals surface area contributed by atoms with E-state index >= 15 is 0 Å². The summed E-state index contributed by atoms with van der Waals surface area (Å²) >= 11 is 0. The first-order chi connectivity index (χ1) is 8.90. The van der Waals surface area contributed by atoms with Gasteiger partial charge in [0.05, 0.1) is 5.56 Å². The maximum absolute atomic E-state index is 12.7. The van der Waals surface area contributed by atoms with Gasteiger partial charge in [0.2, 0.25) is 0 Å². The summed E-state index contributed by atoms with van der Waals surface area (Å²) in [4.78, 5) is 4.09. The lowest BCUT2D eigenvalue weighted by atomic mass is 9.94. The highest BCUT2D eigenvalue weighted by Crippen LogP contribution is 2.31. The highest BCUT2D eigenvalue weighted by Gasteiger charge is 2.31. The predicted octanol–water partition coefficient (Wildman–Crippen LogP) is 3.98. The molecular weight excluding hydrogens is 253 g/mol. The smallest absolute Gasteiger partial charge is 0.313 e. The van der Waals surface area contributed by atoms with Crippen molar-refractivity contribution in [3.05, 3.63) is 29.6 Å². The number of halogens is 3. The molecule has 1 N–H and O–H groups in total. The molecule has 0 aromatic carbocycles. The van der Waals surface area contributed by atoms with Crippen LogP contribution in [0, 0.1) is 0 Å². The number of pyridine rings is 1. The molecule has 1 heterocycles. The summed E-state index contributed by atoms with van der Waals surface area (Å²) in [5.74, 6) is -0.0427. The molecule has 1 aromatic rings. The number of hydrogen-bond donors (Lipinski definition) is 1. The highest BCUT2D eigenvalue weighted by molar-refractivity contribution is 5.22.